The first kappa shape index (κ1) is 21.5. The number of fused-ring (bicyclic) bond motifs is 5. The number of nitrogens with zero attached hydrogens (tertiary/aromatic N) is 1. The maximum atomic E-state index is 13.4. The Hall–Kier alpha value is -3.04. The van der Waals surface area contributed by atoms with E-state index in [9.17, 15) is 4.79 Å². The zero-order valence-corrected chi connectivity index (χ0v) is 20.1. The molecule has 0 spiro atoms. The number of piperidine rings is 1. The Morgan fingerprint density at radius 1 is 0.971 bits per heavy atom. The van der Waals surface area contributed by atoms with E-state index in [2.05, 4.69) is 73.7 Å². The van der Waals surface area contributed by atoms with Gasteiger partial charge in [0.15, 0.2) is 0 Å². The zero-order chi connectivity index (χ0) is 23.2. The Bertz CT molecular complexity index is 1250. The number of ether oxygens (including phenoxy) is 1. The van der Waals surface area contributed by atoms with Crippen molar-refractivity contribution in [3.8, 4) is 11.1 Å². The van der Waals surface area contributed by atoms with Crippen LogP contribution in [-0.4, -0.2) is 29.7 Å². The van der Waals surface area contributed by atoms with Crippen LogP contribution in [0.25, 0.3) is 16.7 Å². The summed E-state index contributed by atoms with van der Waals surface area (Å²) in [5.41, 5.74) is 8.48. The van der Waals surface area contributed by atoms with Crippen molar-refractivity contribution in [1.29, 1.82) is 0 Å². The van der Waals surface area contributed by atoms with Crippen molar-refractivity contribution >= 4 is 23.3 Å². The van der Waals surface area contributed by atoms with Crippen LogP contribution in [0.15, 0.2) is 72.8 Å². The minimum atomic E-state index is -0.193. The Morgan fingerprint density at radius 3 is 2.35 bits per heavy atom. The molecule has 1 saturated heterocycles. The van der Waals surface area contributed by atoms with Crippen LogP contribution in [-0.2, 0) is 4.74 Å². The second-order valence-electron chi connectivity index (χ2n) is 9.74. The molecule has 172 valence electrons. The number of amides is 1. The van der Waals surface area contributed by atoms with E-state index in [-0.39, 0.29) is 24.1 Å². The lowest BCUT2D eigenvalue weighted by Crippen LogP contribution is -2.51. The van der Waals surface area contributed by atoms with Crippen LogP contribution < -0.4 is 0 Å². The van der Waals surface area contributed by atoms with Gasteiger partial charge in [-0.25, -0.2) is 4.79 Å². The second-order valence-corrected chi connectivity index (χ2v) is 10.1. The molecule has 0 saturated carbocycles. The molecule has 34 heavy (non-hydrogen) atoms. The average Bonchev–Trinajstić information content (AvgIpc) is 3.15. The highest BCUT2D eigenvalue weighted by molar-refractivity contribution is 6.32. The van der Waals surface area contributed by atoms with Gasteiger partial charge in [-0.2, -0.15) is 0 Å². The van der Waals surface area contributed by atoms with E-state index in [4.69, 9.17) is 16.3 Å². The van der Waals surface area contributed by atoms with E-state index in [1.807, 2.05) is 11.0 Å². The lowest BCUT2D eigenvalue weighted by Gasteiger charge is -2.44. The predicted octanol–water partition coefficient (Wildman–Crippen LogP) is 7.61. The summed E-state index contributed by atoms with van der Waals surface area (Å²) in [5, 5.41) is 0.791. The van der Waals surface area contributed by atoms with E-state index in [0.29, 0.717) is 6.61 Å². The Kier molecular flexibility index (Phi) is 5.45. The van der Waals surface area contributed by atoms with Crippen molar-refractivity contribution in [2.75, 3.05) is 6.61 Å². The molecule has 0 aromatic heterocycles. The fraction of sp³-hybridized carbons (Fsp3) is 0.300. The van der Waals surface area contributed by atoms with Gasteiger partial charge in [-0.05, 0) is 77.6 Å². The van der Waals surface area contributed by atoms with E-state index in [1.165, 1.54) is 27.8 Å². The van der Waals surface area contributed by atoms with Gasteiger partial charge in [0.25, 0.3) is 0 Å². The summed E-state index contributed by atoms with van der Waals surface area (Å²) < 4.78 is 6.03. The third kappa shape index (κ3) is 3.63. The maximum Gasteiger partial charge on any atom is 0.410 e. The van der Waals surface area contributed by atoms with Crippen LogP contribution in [0.2, 0.25) is 5.02 Å². The molecule has 3 aromatic rings. The van der Waals surface area contributed by atoms with Crippen LogP contribution >= 0.6 is 11.6 Å². The number of aryl methyl sites for hydroxylation is 1. The van der Waals surface area contributed by atoms with Gasteiger partial charge < -0.3 is 4.74 Å². The van der Waals surface area contributed by atoms with Crippen molar-refractivity contribution in [2.24, 2.45) is 0 Å². The molecule has 2 atom stereocenters. The SMILES string of the molecule is Cc1ccc(C2=CC3CCCC(C2)N3C(=O)OCC2c3ccccc3-c3ccccc32)c(Cl)c1. The molecule has 4 heteroatoms. The zero-order valence-electron chi connectivity index (χ0n) is 19.3. The van der Waals surface area contributed by atoms with E-state index < -0.39 is 0 Å². The molecule has 6 rings (SSSR count). The predicted molar refractivity (Wildman–Crippen MR) is 137 cm³/mol. The lowest BCUT2D eigenvalue weighted by atomic mass is 9.83. The minimum absolute atomic E-state index is 0.0653. The Balaban J connectivity index is 1.23. The molecule has 3 aromatic carbocycles. The topological polar surface area (TPSA) is 29.5 Å². The third-order valence-electron chi connectivity index (χ3n) is 7.65. The van der Waals surface area contributed by atoms with Crippen LogP contribution in [0.4, 0.5) is 4.79 Å². The highest BCUT2D eigenvalue weighted by atomic mass is 35.5. The standard InChI is InChI=1S/C30H28ClNO2/c1-19-13-14-23(29(31)15-19)20-16-21-7-6-8-22(17-20)32(21)30(33)34-18-28-26-11-4-2-9-24(26)25-10-3-5-12-27(25)28/h2-5,9-16,21-22,28H,6-8,17-18H2,1H3. The molecule has 0 radical (unpaired) electrons. The summed E-state index contributed by atoms with van der Waals surface area (Å²) in [6.45, 7) is 2.42. The number of hydrogen-bond donors (Lipinski definition) is 0. The van der Waals surface area contributed by atoms with Gasteiger partial charge in [0.1, 0.15) is 6.61 Å². The summed E-state index contributed by atoms with van der Waals surface area (Å²) in [6.07, 6.45) is 5.97. The molecule has 2 heterocycles. The molecular formula is C30H28ClNO2. The molecule has 3 nitrogen and oxygen atoms in total. The molecule has 1 amide bonds. The third-order valence-corrected chi connectivity index (χ3v) is 7.97. The molecular weight excluding hydrogens is 442 g/mol. The van der Waals surface area contributed by atoms with Crippen molar-refractivity contribution in [2.45, 2.75) is 50.6 Å². The Labute approximate surface area is 206 Å². The monoisotopic (exact) mass is 469 g/mol. The van der Waals surface area contributed by atoms with Crippen molar-refractivity contribution in [3.05, 3.63) is 100 Å². The van der Waals surface area contributed by atoms with E-state index in [1.54, 1.807) is 0 Å². The number of halogens is 1. The number of benzene rings is 3. The summed E-state index contributed by atoms with van der Waals surface area (Å²) >= 11 is 6.58. The fourth-order valence-corrected chi connectivity index (χ4v) is 6.42. The molecule has 2 unspecified atom stereocenters. The van der Waals surface area contributed by atoms with Crippen LogP contribution in [0.1, 0.15) is 53.9 Å². The Morgan fingerprint density at radius 2 is 1.68 bits per heavy atom. The second kappa shape index (κ2) is 8.63. The van der Waals surface area contributed by atoms with Crippen LogP contribution in [0.3, 0.4) is 0 Å². The van der Waals surface area contributed by atoms with E-state index >= 15 is 0 Å². The van der Waals surface area contributed by atoms with Crippen molar-refractivity contribution in [1.82, 2.24) is 4.90 Å². The van der Waals surface area contributed by atoms with Gasteiger partial charge >= 0.3 is 6.09 Å². The summed E-state index contributed by atoms with van der Waals surface area (Å²) in [7, 11) is 0. The maximum absolute atomic E-state index is 13.4. The van der Waals surface area contributed by atoms with Gasteiger partial charge in [0, 0.05) is 17.0 Å². The van der Waals surface area contributed by atoms with Crippen molar-refractivity contribution < 1.29 is 9.53 Å². The van der Waals surface area contributed by atoms with Gasteiger partial charge in [-0.1, -0.05) is 78.3 Å². The molecule has 3 aliphatic rings. The van der Waals surface area contributed by atoms with Crippen LogP contribution in [0, 0.1) is 6.92 Å². The normalized spacial score (nSPS) is 21.0. The smallest absolute Gasteiger partial charge is 0.410 e. The van der Waals surface area contributed by atoms with Crippen molar-refractivity contribution in [3.63, 3.8) is 0 Å². The summed E-state index contributed by atoms with van der Waals surface area (Å²) in [4.78, 5) is 15.4. The van der Waals surface area contributed by atoms with E-state index in [0.717, 1.165) is 41.8 Å². The first-order valence-corrected chi connectivity index (χ1v) is 12.6. The molecule has 1 fully saturated rings. The molecule has 0 N–H and O–H groups in total. The highest BCUT2D eigenvalue weighted by Crippen LogP contribution is 2.45. The first-order chi connectivity index (χ1) is 16.6. The molecule has 2 bridgehead atoms. The molecule has 2 aliphatic heterocycles. The average molecular weight is 470 g/mol. The number of carbonyl (C=O) groups is 1. The van der Waals surface area contributed by atoms with Crippen LogP contribution in [0.5, 0.6) is 0 Å². The number of rotatable bonds is 3. The fourth-order valence-electron chi connectivity index (χ4n) is 6.06. The number of carbonyl (C=O) groups excluding carboxylic acids is 1. The first-order valence-electron chi connectivity index (χ1n) is 12.2. The lowest BCUT2D eigenvalue weighted by molar-refractivity contribution is 0.0539. The summed E-state index contributed by atoms with van der Waals surface area (Å²) in [5.74, 6) is 0.0819. The largest absolute Gasteiger partial charge is 0.448 e. The minimum Gasteiger partial charge on any atom is -0.448 e. The highest BCUT2D eigenvalue weighted by Gasteiger charge is 2.39. The quantitative estimate of drug-likeness (QED) is 0.395. The van der Waals surface area contributed by atoms with Gasteiger partial charge in [-0.15, -0.1) is 0 Å². The van der Waals surface area contributed by atoms with Gasteiger partial charge in [0.2, 0.25) is 0 Å². The molecule has 1 aliphatic carbocycles. The van der Waals surface area contributed by atoms with Gasteiger partial charge in [0.05, 0.1) is 6.04 Å². The summed E-state index contributed by atoms with van der Waals surface area (Å²) in [6, 6.07) is 23.4. The number of hydrogen-bond acceptors (Lipinski definition) is 2. The van der Waals surface area contributed by atoms with Gasteiger partial charge in [-0.3, -0.25) is 4.90 Å².